The third kappa shape index (κ3) is 4.56. The van der Waals surface area contributed by atoms with Crippen molar-refractivity contribution >= 4 is 15.8 Å². The maximum atomic E-state index is 12.0. The summed E-state index contributed by atoms with van der Waals surface area (Å²) in [6.45, 7) is 1.85. The molecule has 0 saturated heterocycles. The molecule has 21 heavy (non-hydrogen) atoms. The van der Waals surface area contributed by atoms with Gasteiger partial charge in [-0.2, -0.15) is 0 Å². The molecule has 1 unspecified atom stereocenters. The van der Waals surface area contributed by atoms with Gasteiger partial charge in [0.25, 0.3) is 0 Å². The van der Waals surface area contributed by atoms with Crippen LogP contribution in [0, 0.1) is 5.92 Å². The molecule has 0 aromatic heterocycles. The lowest BCUT2D eigenvalue weighted by atomic mass is 10.0. The first-order valence-corrected chi connectivity index (χ1v) is 9.25. The summed E-state index contributed by atoms with van der Waals surface area (Å²) < 4.78 is 28.3. The Labute approximate surface area is 126 Å². The average Bonchev–Trinajstić information content (AvgIpc) is 2.91. The number of benzene rings is 1. The third-order valence-corrected chi connectivity index (χ3v) is 5.01. The Hall–Kier alpha value is -1.36. The van der Waals surface area contributed by atoms with Crippen LogP contribution in [-0.2, 0) is 25.8 Å². The predicted molar refractivity (Wildman–Crippen MR) is 80.8 cm³/mol. The topological polar surface area (TPSA) is 60.4 Å². The van der Waals surface area contributed by atoms with E-state index in [-0.39, 0.29) is 18.0 Å². The van der Waals surface area contributed by atoms with Gasteiger partial charge in [0.1, 0.15) is 6.10 Å². The van der Waals surface area contributed by atoms with Crippen LogP contribution in [0.1, 0.15) is 38.2 Å². The number of carbonyl (C=O) groups excluding carboxylic acids is 1. The fourth-order valence-corrected chi connectivity index (χ4v) is 3.23. The number of esters is 1. The van der Waals surface area contributed by atoms with Gasteiger partial charge in [-0.05, 0) is 49.8 Å². The van der Waals surface area contributed by atoms with Crippen molar-refractivity contribution in [2.75, 3.05) is 6.26 Å². The lowest BCUT2D eigenvalue weighted by molar-refractivity contribution is -0.153. The van der Waals surface area contributed by atoms with E-state index in [0.29, 0.717) is 11.3 Å². The Morgan fingerprint density at radius 1 is 1.24 bits per heavy atom. The number of hydrogen-bond acceptors (Lipinski definition) is 4. The molecule has 1 aliphatic carbocycles. The molecule has 0 N–H and O–H groups in total. The van der Waals surface area contributed by atoms with E-state index in [1.54, 1.807) is 24.3 Å². The van der Waals surface area contributed by atoms with Crippen molar-refractivity contribution in [1.82, 2.24) is 0 Å². The molecule has 0 aliphatic heterocycles. The Morgan fingerprint density at radius 2 is 1.81 bits per heavy atom. The highest BCUT2D eigenvalue weighted by molar-refractivity contribution is 7.90. The molecular weight excluding hydrogens is 288 g/mol. The van der Waals surface area contributed by atoms with Crippen LogP contribution >= 0.6 is 0 Å². The van der Waals surface area contributed by atoms with Crippen molar-refractivity contribution in [2.24, 2.45) is 5.92 Å². The number of carbonyl (C=O) groups is 1. The minimum absolute atomic E-state index is 0.0903. The highest BCUT2D eigenvalue weighted by atomic mass is 32.2. The van der Waals surface area contributed by atoms with Crippen LogP contribution in [-0.4, -0.2) is 26.7 Å². The Kier molecular flexibility index (Phi) is 5.04. The summed E-state index contributed by atoms with van der Waals surface area (Å²) >= 11 is 0. The summed E-state index contributed by atoms with van der Waals surface area (Å²) in [6.07, 6.45) is 6.06. The van der Waals surface area contributed by atoms with E-state index in [1.165, 1.54) is 6.26 Å². The van der Waals surface area contributed by atoms with Crippen molar-refractivity contribution in [1.29, 1.82) is 0 Å². The van der Waals surface area contributed by atoms with Gasteiger partial charge in [0.2, 0.25) is 0 Å². The fourth-order valence-electron chi connectivity index (χ4n) is 2.60. The zero-order valence-electron chi connectivity index (χ0n) is 12.5. The van der Waals surface area contributed by atoms with Crippen molar-refractivity contribution in [3.05, 3.63) is 29.8 Å². The van der Waals surface area contributed by atoms with Gasteiger partial charge in [0.15, 0.2) is 9.84 Å². The molecule has 1 fully saturated rings. The van der Waals surface area contributed by atoms with Gasteiger partial charge in [-0.1, -0.05) is 19.1 Å². The molecule has 1 aromatic carbocycles. The first-order chi connectivity index (χ1) is 9.86. The van der Waals surface area contributed by atoms with Gasteiger partial charge in [0, 0.05) is 6.26 Å². The van der Waals surface area contributed by atoms with Crippen molar-refractivity contribution in [3.63, 3.8) is 0 Å². The number of hydrogen-bond donors (Lipinski definition) is 0. The quantitative estimate of drug-likeness (QED) is 0.785. The van der Waals surface area contributed by atoms with Crippen LogP contribution in [0.5, 0.6) is 0 Å². The Morgan fingerprint density at radius 3 is 2.33 bits per heavy atom. The maximum absolute atomic E-state index is 12.0. The van der Waals surface area contributed by atoms with Gasteiger partial charge in [-0.25, -0.2) is 8.42 Å². The van der Waals surface area contributed by atoms with Gasteiger partial charge >= 0.3 is 5.97 Å². The number of rotatable bonds is 5. The minimum atomic E-state index is -3.17. The van der Waals surface area contributed by atoms with Gasteiger partial charge in [-0.15, -0.1) is 0 Å². The lowest BCUT2D eigenvalue weighted by Gasteiger charge is -2.16. The second kappa shape index (κ2) is 6.60. The molecule has 0 spiro atoms. The average molecular weight is 310 g/mol. The smallest absolute Gasteiger partial charge is 0.309 e. The molecule has 0 heterocycles. The van der Waals surface area contributed by atoms with Gasteiger partial charge < -0.3 is 4.74 Å². The van der Waals surface area contributed by atoms with Crippen LogP contribution in [0.3, 0.4) is 0 Å². The van der Waals surface area contributed by atoms with Gasteiger partial charge in [0.05, 0.1) is 10.8 Å². The first-order valence-electron chi connectivity index (χ1n) is 7.36. The van der Waals surface area contributed by atoms with E-state index in [2.05, 4.69) is 0 Å². The molecule has 1 aromatic rings. The largest absolute Gasteiger partial charge is 0.462 e. The highest BCUT2D eigenvalue weighted by Crippen LogP contribution is 2.23. The molecule has 2 rings (SSSR count). The van der Waals surface area contributed by atoms with Crippen LogP contribution in [0.15, 0.2) is 29.2 Å². The van der Waals surface area contributed by atoms with Crippen LogP contribution in [0.25, 0.3) is 0 Å². The molecule has 4 nitrogen and oxygen atoms in total. The van der Waals surface area contributed by atoms with Crippen molar-refractivity contribution in [2.45, 2.75) is 50.0 Å². The Balaban J connectivity index is 1.92. The molecule has 0 amide bonds. The standard InChI is InChI=1S/C16H22O4S/c1-12(16(17)20-14-5-3-4-6-14)11-13-7-9-15(10-8-13)21(2,18)19/h7-10,12,14H,3-6,11H2,1-2H3. The summed E-state index contributed by atoms with van der Waals surface area (Å²) in [6, 6.07) is 6.69. The second-order valence-corrected chi connectivity index (χ2v) is 7.88. The van der Waals surface area contributed by atoms with E-state index in [1.807, 2.05) is 6.92 Å². The third-order valence-electron chi connectivity index (χ3n) is 3.88. The summed E-state index contributed by atoms with van der Waals surface area (Å²) in [7, 11) is -3.17. The summed E-state index contributed by atoms with van der Waals surface area (Å²) in [4.78, 5) is 12.3. The van der Waals surface area contributed by atoms with Crippen LogP contribution in [0.4, 0.5) is 0 Å². The van der Waals surface area contributed by atoms with E-state index < -0.39 is 9.84 Å². The fraction of sp³-hybridized carbons (Fsp3) is 0.562. The zero-order valence-corrected chi connectivity index (χ0v) is 13.4. The molecule has 116 valence electrons. The Bertz CT molecular complexity index is 583. The van der Waals surface area contributed by atoms with E-state index in [9.17, 15) is 13.2 Å². The summed E-state index contributed by atoms with van der Waals surface area (Å²) in [5.74, 6) is -0.372. The molecule has 1 aliphatic rings. The normalized spacial score (nSPS) is 17.6. The molecule has 5 heteroatoms. The van der Waals surface area contributed by atoms with Crippen LogP contribution in [0.2, 0.25) is 0 Å². The van der Waals surface area contributed by atoms with E-state index in [4.69, 9.17) is 4.74 Å². The number of ether oxygens (including phenoxy) is 1. The summed E-state index contributed by atoms with van der Waals surface area (Å²) in [5, 5.41) is 0. The molecule has 0 radical (unpaired) electrons. The lowest BCUT2D eigenvalue weighted by Crippen LogP contribution is -2.22. The zero-order chi connectivity index (χ0) is 15.5. The van der Waals surface area contributed by atoms with Crippen LogP contribution < -0.4 is 0 Å². The molecule has 1 saturated carbocycles. The second-order valence-electron chi connectivity index (χ2n) is 5.86. The molecule has 1 atom stereocenters. The van der Waals surface area contributed by atoms with E-state index >= 15 is 0 Å². The van der Waals surface area contributed by atoms with Gasteiger partial charge in [-0.3, -0.25) is 4.79 Å². The first kappa shape index (κ1) is 16.0. The maximum Gasteiger partial charge on any atom is 0.309 e. The van der Waals surface area contributed by atoms with Crippen molar-refractivity contribution < 1.29 is 17.9 Å². The van der Waals surface area contributed by atoms with E-state index in [0.717, 1.165) is 31.2 Å². The number of sulfone groups is 1. The molecular formula is C16H22O4S. The highest BCUT2D eigenvalue weighted by Gasteiger charge is 2.23. The SMILES string of the molecule is CC(Cc1ccc(S(C)(=O)=O)cc1)C(=O)OC1CCCC1. The monoisotopic (exact) mass is 310 g/mol. The van der Waals surface area contributed by atoms with Crippen molar-refractivity contribution in [3.8, 4) is 0 Å². The minimum Gasteiger partial charge on any atom is -0.462 e. The summed E-state index contributed by atoms with van der Waals surface area (Å²) in [5.41, 5.74) is 0.943. The molecule has 0 bridgehead atoms. The predicted octanol–water partition coefficient (Wildman–Crippen LogP) is 2.75.